The number of unbranched alkanes of at least 4 members (excludes halogenated alkanes) is 1. The fraction of sp³-hybridized carbons (Fsp3) is 0.524. The first-order chi connectivity index (χ1) is 13.9. The molecule has 0 saturated carbocycles. The van der Waals surface area contributed by atoms with Gasteiger partial charge in [-0.3, -0.25) is 4.79 Å². The Morgan fingerprint density at radius 1 is 1.34 bits per heavy atom. The summed E-state index contributed by atoms with van der Waals surface area (Å²) in [6, 6.07) is 9.27. The molecule has 0 radical (unpaired) electrons. The van der Waals surface area contributed by atoms with E-state index in [4.69, 9.17) is 5.26 Å². The summed E-state index contributed by atoms with van der Waals surface area (Å²) in [7, 11) is 4.26. The molecule has 1 heterocycles. The van der Waals surface area contributed by atoms with Crippen molar-refractivity contribution in [1.29, 1.82) is 5.26 Å². The number of carbonyl (C=O) groups excluding carboxylic acids is 1. The van der Waals surface area contributed by atoms with Gasteiger partial charge in [-0.2, -0.15) is 5.26 Å². The van der Waals surface area contributed by atoms with Crippen LogP contribution in [0.4, 0.5) is 5.69 Å². The zero-order valence-corrected chi connectivity index (χ0v) is 18.7. The highest BCUT2D eigenvalue weighted by atomic mass is 32.2. The third-order valence-corrected chi connectivity index (χ3v) is 5.89. The van der Waals surface area contributed by atoms with Crippen LogP contribution in [0.15, 0.2) is 29.4 Å². The number of nitrogens with one attached hydrogen (secondary N) is 2. The van der Waals surface area contributed by atoms with Crippen molar-refractivity contribution in [2.24, 2.45) is 0 Å². The second-order valence-corrected chi connectivity index (χ2v) is 8.63. The lowest BCUT2D eigenvalue weighted by molar-refractivity contribution is -0.893. The molecule has 0 bridgehead atoms. The standard InChI is InChI=1S/C21H30N6OS/c1-6-8-12-27-19(18(7-2)26(4)5)24-25-21(27)29-15(3)20(28)23-17-11-9-10-16(13-17)14-22/h9-11,13,15,18H,6-8,12H2,1-5H3,(H,23,28)/p+1/t15-,18+/m0/s1. The Balaban J connectivity index is 2.17. The minimum absolute atomic E-state index is 0.123. The molecule has 0 fully saturated rings. The third-order valence-electron chi connectivity index (χ3n) is 4.81. The summed E-state index contributed by atoms with van der Waals surface area (Å²) in [5, 5.41) is 21.2. The molecule has 2 rings (SSSR count). The summed E-state index contributed by atoms with van der Waals surface area (Å²) in [6.07, 6.45) is 3.10. The summed E-state index contributed by atoms with van der Waals surface area (Å²) < 4.78 is 2.18. The molecule has 2 aromatic rings. The van der Waals surface area contributed by atoms with Crippen molar-refractivity contribution >= 4 is 23.4 Å². The number of hydrogen-bond donors (Lipinski definition) is 2. The molecule has 0 aliphatic heterocycles. The van der Waals surface area contributed by atoms with E-state index in [0.717, 1.165) is 36.8 Å². The van der Waals surface area contributed by atoms with Crippen LogP contribution in [0.25, 0.3) is 0 Å². The van der Waals surface area contributed by atoms with Crippen LogP contribution in [-0.4, -0.2) is 40.0 Å². The highest BCUT2D eigenvalue weighted by Crippen LogP contribution is 2.26. The van der Waals surface area contributed by atoms with Gasteiger partial charge < -0.3 is 14.8 Å². The molecular formula is C21H31N6OS+. The number of rotatable bonds is 10. The summed E-state index contributed by atoms with van der Waals surface area (Å²) in [4.78, 5) is 14.0. The van der Waals surface area contributed by atoms with Gasteiger partial charge in [-0.05, 0) is 31.5 Å². The van der Waals surface area contributed by atoms with E-state index in [1.54, 1.807) is 24.3 Å². The average Bonchev–Trinajstić information content (AvgIpc) is 3.08. The lowest BCUT2D eigenvalue weighted by atomic mass is 10.2. The lowest BCUT2D eigenvalue weighted by Crippen LogP contribution is -3.06. The fourth-order valence-corrected chi connectivity index (χ4v) is 4.02. The Labute approximate surface area is 177 Å². The fourth-order valence-electron chi connectivity index (χ4n) is 3.14. The first-order valence-electron chi connectivity index (χ1n) is 10.1. The minimum atomic E-state index is -0.343. The molecule has 1 amide bonds. The van der Waals surface area contributed by atoms with E-state index in [2.05, 4.69) is 54.1 Å². The average molecular weight is 416 g/mol. The number of hydrogen-bond acceptors (Lipinski definition) is 5. The molecule has 0 aliphatic carbocycles. The van der Waals surface area contributed by atoms with Crippen molar-refractivity contribution in [1.82, 2.24) is 14.8 Å². The number of aromatic nitrogens is 3. The van der Waals surface area contributed by atoms with E-state index in [-0.39, 0.29) is 17.2 Å². The zero-order chi connectivity index (χ0) is 21.4. The van der Waals surface area contributed by atoms with Crippen LogP contribution in [-0.2, 0) is 11.3 Å². The van der Waals surface area contributed by atoms with Gasteiger partial charge in [0, 0.05) is 18.7 Å². The van der Waals surface area contributed by atoms with Gasteiger partial charge >= 0.3 is 0 Å². The van der Waals surface area contributed by atoms with E-state index < -0.39 is 0 Å². The highest BCUT2D eigenvalue weighted by Gasteiger charge is 2.26. The number of benzene rings is 1. The van der Waals surface area contributed by atoms with Crippen molar-refractivity contribution in [3.63, 3.8) is 0 Å². The van der Waals surface area contributed by atoms with Gasteiger partial charge in [0.1, 0.15) is 6.04 Å². The Kier molecular flexibility index (Phi) is 8.68. The van der Waals surface area contributed by atoms with Gasteiger partial charge in [0.25, 0.3) is 0 Å². The lowest BCUT2D eigenvalue weighted by Gasteiger charge is -2.20. The normalized spacial score (nSPS) is 13.1. The Bertz CT molecular complexity index is 857. The first kappa shape index (κ1) is 22.9. The molecule has 0 saturated heterocycles. The van der Waals surface area contributed by atoms with Crippen LogP contribution < -0.4 is 10.2 Å². The molecule has 0 aliphatic rings. The number of nitriles is 1. The van der Waals surface area contributed by atoms with E-state index in [9.17, 15) is 4.79 Å². The van der Waals surface area contributed by atoms with Gasteiger partial charge in [0.05, 0.1) is 31.0 Å². The molecule has 1 aromatic heterocycles. The molecule has 1 aromatic carbocycles. The predicted octanol–water partition coefficient (Wildman–Crippen LogP) is 2.66. The largest absolute Gasteiger partial charge is 0.331 e. The Hall–Kier alpha value is -2.37. The second-order valence-electron chi connectivity index (χ2n) is 7.33. The second kappa shape index (κ2) is 11.0. The van der Waals surface area contributed by atoms with E-state index in [0.29, 0.717) is 11.3 Å². The van der Waals surface area contributed by atoms with Crippen LogP contribution in [0.1, 0.15) is 57.5 Å². The predicted molar refractivity (Wildman–Crippen MR) is 116 cm³/mol. The topological polar surface area (TPSA) is 88.0 Å². The van der Waals surface area contributed by atoms with Gasteiger partial charge in [-0.15, -0.1) is 10.2 Å². The molecule has 0 spiro atoms. The Morgan fingerprint density at radius 2 is 2.10 bits per heavy atom. The zero-order valence-electron chi connectivity index (χ0n) is 17.9. The molecule has 2 N–H and O–H groups in total. The number of carbonyl (C=O) groups is 1. The third kappa shape index (κ3) is 6.05. The van der Waals surface area contributed by atoms with Crippen LogP contribution in [0.3, 0.4) is 0 Å². The number of anilines is 1. The van der Waals surface area contributed by atoms with E-state index in [1.165, 1.54) is 16.7 Å². The summed E-state index contributed by atoms with van der Waals surface area (Å²) in [5.41, 5.74) is 1.14. The van der Waals surface area contributed by atoms with Crippen molar-refractivity contribution in [2.45, 2.75) is 63.0 Å². The number of nitrogens with zero attached hydrogens (tertiary/aromatic N) is 4. The maximum Gasteiger partial charge on any atom is 0.237 e. The van der Waals surface area contributed by atoms with Crippen molar-refractivity contribution in [3.05, 3.63) is 35.7 Å². The van der Waals surface area contributed by atoms with E-state index in [1.807, 2.05) is 6.92 Å². The van der Waals surface area contributed by atoms with E-state index >= 15 is 0 Å². The van der Waals surface area contributed by atoms with Gasteiger partial charge in [-0.25, -0.2) is 0 Å². The molecule has 7 nitrogen and oxygen atoms in total. The molecule has 29 heavy (non-hydrogen) atoms. The van der Waals surface area contributed by atoms with Gasteiger partial charge in [-0.1, -0.05) is 38.1 Å². The maximum absolute atomic E-state index is 12.7. The summed E-state index contributed by atoms with van der Waals surface area (Å²) in [6.45, 7) is 7.04. The molecule has 156 valence electrons. The molecular weight excluding hydrogens is 384 g/mol. The monoisotopic (exact) mass is 415 g/mol. The first-order valence-corrected chi connectivity index (χ1v) is 11.0. The summed E-state index contributed by atoms with van der Waals surface area (Å²) in [5.74, 6) is 0.861. The molecule has 2 atom stereocenters. The molecule has 8 heteroatoms. The smallest absolute Gasteiger partial charge is 0.237 e. The van der Waals surface area contributed by atoms with Crippen LogP contribution >= 0.6 is 11.8 Å². The number of thioether (sulfide) groups is 1. The number of amides is 1. The van der Waals surface area contributed by atoms with Crippen molar-refractivity contribution < 1.29 is 9.69 Å². The van der Waals surface area contributed by atoms with Crippen LogP contribution in [0.5, 0.6) is 0 Å². The van der Waals surface area contributed by atoms with Crippen molar-refractivity contribution in [2.75, 3.05) is 19.4 Å². The van der Waals surface area contributed by atoms with Crippen molar-refractivity contribution in [3.8, 4) is 6.07 Å². The SMILES string of the molecule is CCCCn1c(S[C@@H](C)C(=O)Nc2cccc(C#N)c2)nnc1[C@@H](CC)[NH+](C)C. The van der Waals surface area contributed by atoms with Crippen LogP contribution in [0.2, 0.25) is 0 Å². The number of quaternary nitrogens is 1. The summed E-state index contributed by atoms with van der Waals surface area (Å²) >= 11 is 1.42. The maximum atomic E-state index is 12.7. The Morgan fingerprint density at radius 3 is 2.72 bits per heavy atom. The quantitative estimate of drug-likeness (QED) is 0.583. The molecule has 0 unspecified atom stereocenters. The van der Waals surface area contributed by atoms with Crippen LogP contribution in [0, 0.1) is 11.3 Å². The van der Waals surface area contributed by atoms with Gasteiger partial charge in [0.2, 0.25) is 5.91 Å². The highest BCUT2D eigenvalue weighted by molar-refractivity contribution is 8.00. The van der Waals surface area contributed by atoms with Gasteiger partial charge in [0.15, 0.2) is 11.0 Å². The minimum Gasteiger partial charge on any atom is -0.331 e.